The molecule has 15 heavy (non-hydrogen) atoms. The van der Waals surface area contributed by atoms with Gasteiger partial charge < -0.3 is 4.74 Å². The van der Waals surface area contributed by atoms with Gasteiger partial charge in [-0.25, -0.2) is 10.8 Å². The van der Waals surface area contributed by atoms with Crippen molar-refractivity contribution in [1.29, 1.82) is 0 Å². The molecule has 0 saturated carbocycles. The van der Waals surface area contributed by atoms with Crippen LogP contribution in [-0.2, 0) is 0 Å². The Morgan fingerprint density at radius 3 is 2.87 bits per heavy atom. The van der Waals surface area contributed by atoms with Crippen molar-refractivity contribution < 1.29 is 4.74 Å². The average Bonchev–Trinajstić information content (AvgIpc) is 2.81. The van der Waals surface area contributed by atoms with E-state index in [2.05, 4.69) is 30.4 Å². The number of aromatic amines is 1. The van der Waals surface area contributed by atoms with Gasteiger partial charge in [-0.2, -0.15) is 20.3 Å². The van der Waals surface area contributed by atoms with Crippen LogP contribution in [0.25, 0.3) is 0 Å². The monoisotopic (exact) mass is 208 g/mol. The molecule has 0 bridgehead atoms. The minimum atomic E-state index is 0.0660. The standard InChI is InChI=1S/C6H8N8O/c7-14(5-1-11-13-12-5)4-15-6-9-2-8-3-10-6/h1-3H,4,7H2,(H,11,12,13). The summed E-state index contributed by atoms with van der Waals surface area (Å²) in [5.74, 6) is 6.06. The summed E-state index contributed by atoms with van der Waals surface area (Å²) in [4.78, 5) is 11.2. The average molecular weight is 208 g/mol. The first kappa shape index (κ1) is 9.27. The van der Waals surface area contributed by atoms with E-state index in [1.807, 2.05) is 0 Å². The molecule has 2 aromatic heterocycles. The molecule has 0 aliphatic carbocycles. The zero-order valence-corrected chi connectivity index (χ0v) is 7.61. The molecular weight excluding hydrogens is 200 g/mol. The lowest BCUT2D eigenvalue weighted by atomic mass is 10.7. The van der Waals surface area contributed by atoms with E-state index < -0.39 is 0 Å². The molecule has 3 N–H and O–H groups in total. The van der Waals surface area contributed by atoms with Crippen molar-refractivity contribution in [3.8, 4) is 6.01 Å². The number of nitrogens with zero attached hydrogens (tertiary/aromatic N) is 6. The number of nitrogens with two attached hydrogens (primary N) is 1. The van der Waals surface area contributed by atoms with E-state index in [9.17, 15) is 0 Å². The third-order valence-electron chi connectivity index (χ3n) is 1.50. The number of hydrazine groups is 1. The van der Waals surface area contributed by atoms with Crippen molar-refractivity contribution in [2.24, 2.45) is 5.84 Å². The smallest absolute Gasteiger partial charge is 0.321 e. The van der Waals surface area contributed by atoms with Crippen LogP contribution in [0.3, 0.4) is 0 Å². The predicted molar refractivity (Wildman–Crippen MR) is 48.4 cm³/mol. The quantitative estimate of drug-likeness (QED) is 0.361. The summed E-state index contributed by atoms with van der Waals surface area (Å²) in [6.07, 6.45) is 4.13. The number of nitrogens with one attached hydrogen (secondary N) is 1. The number of ether oxygens (including phenoxy) is 1. The van der Waals surface area contributed by atoms with Crippen LogP contribution in [-0.4, -0.2) is 37.1 Å². The van der Waals surface area contributed by atoms with Gasteiger partial charge in [0, 0.05) is 0 Å². The van der Waals surface area contributed by atoms with Crippen LogP contribution in [0.4, 0.5) is 5.82 Å². The van der Waals surface area contributed by atoms with E-state index in [1.165, 1.54) is 23.9 Å². The van der Waals surface area contributed by atoms with Gasteiger partial charge in [-0.05, 0) is 0 Å². The number of anilines is 1. The molecule has 0 aromatic carbocycles. The molecule has 2 rings (SSSR count). The highest BCUT2D eigenvalue weighted by Gasteiger charge is 2.05. The number of H-pyrrole nitrogens is 1. The summed E-state index contributed by atoms with van der Waals surface area (Å²) < 4.78 is 5.15. The summed E-state index contributed by atoms with van der Waals surface area (Å²) in [7, 11) is 0. The zero-order chi connectivity index (χ0) is 10.5. The van der Waals surface area contributed by atoms with E-state index in [0.29, 0.717) is 5.82 Å². The van der Waals surface area contributed by atoms with Crippen molar-refractivity contribution in [3.05, 3.63) is 18.9 Å². The molecule has 0 fully saturated rings. The van der Waals surface area contributed by atoms with Crippen molar-refractivity contribution >= 4 is 5.82 Å². The van der Waals surface area contributed by atoms with Crippen molar-refractivity contribution in [2.45, 2.75) is 0 Å². The van der Waals surface area contributed by atoms with Gasteiger partial charge in [0.05, 0.1) is 6.20 Å². The van der Waals surface area contributed by atoms with Gasteiger partial charge in [0.15, 0.2) is 12.5 Å². The largest absolute Gasteiger partial charge is 0.440 e. The van der Waals surface area contributed by atoms with Gasteiger partial charge in [-0.3, -0.25) is 5.01 Å². The Labute approximate surface area is 84.3 Å². The number of aromatic nitrogens is 6. The number of rotatable bonds is 4. The molecule has 9 nitrogen and oxygen atoms in total. The van der Waals surface area contributed by atoms with Gasteiger partial charge in [0.1, 0.15) is 12.7 Å². The molecule has 0 amide bonds. The molecule has 0 unspecified atom stereocenters. The highest BCUT2D eigenvalue weighted by molar-refractivity contribution is 5.30. The predicted octanol–water partition coefficient (Wildman–Crippen LogP) is -1.29. The van der Waals surface area contributed by atoms with Gasteiger partial charge in [-0.15, -0.1) is 5.10 Å². The minimum Gasteiger partial charge on any atom is -0.440 e. The van der Waals surface area contributed by atoms with Crippen LogP contribution in [0.1, 0.15) is 0 Å². The third kappa shape index (κ3) is 2.34. The topological polar surface area (TPSA) is 119 Å². The molecule has 2 aromatic rings. The molecule has 0 aliphatic heterocycles. The van der Waals surface area contributed by atoms with Crippen LogP contribution in [0.15, 0.2) is 18.9 Å². The van der Waals surface area contributed by atoms with Crippen LogP contribution in [0.2, 0.25) is 0 Å². The fourth-order valence-electron chi connectivity index (χ4n) is 0.830. The fourth-order valence-corrected chi connectivity index (χ4v) is 0.830. The zero-order valence-electron chi connectivity index (χ0n) is 7.61. The van der Waals surface area contributed by atoms with Crippen LogP contribution in [0.5, 0.6) is 6.01 Å². The Kier molecular flexibility index (Phi) is 2.65. The summed E-state index contributed by atoms with van der Waals surface area (Å²) in [5.41, 5.74) is 0. The van der Waals surface area contributed by atoms with E-state index in [0.717, 1.165) is 0 Å². The van der Waals surface area contributed by atoms with Gasteiger partial charge in [-0.1, -0.05) is 0 Å². The second-order valence-electron chi connectivity index (χ2n) is 2.49. The maximum atomic E-state index is 5.60. The summed E-state index contributed by atoms with van der Waals surface area (Å²) in [5, 5.41) is 11.1. The molecule has 78 valence electrons. The Bertz CT molecular complexity index is 389. The minimum absolute atomic E-state index is 0.0660. The SMILES string of the molecule is NN(COc1ncncn1)c1cn[nH]n1. The second kappa shape index (κ2) is 4.28. The maximum Gasteiger partial charge on any atom is 0.321 e. The normalized spacial score (nSPS) is 9.93. The summed E-state index contributed by atoms with van der Waals surface area (Å²) in [6.45, 7) is 0.0660. The van der Waals surface area contributed by atoms with Crippen LogP contribution >= 0.6 is 0 Å². The summed E-state index contributed by atoms with van der Waals surface area (Å²) in [6, 6.07) is 0.198. The summed E-state index contributed by atoms with van der Waals surface area (Å²) >= 11 is 0. The number of hydrogen-bond donors (Lipinski definition) is 2. The molecule has 0 atom stereocenters. The van der Waals surface area contributed by atoms with Crippen molar-refractivity contribution in [1.82, 2.24) is 30.4 Å². The van der Waals surface area contributed by atoms with E-state index in [-0.39, 0.29) is 12.7 Å². The van der Waals surface area contributed by atoms with Crippen molar-refractivity contribution in [2.75, 3.05) is 11.7 Å². The van der Waals surface area contributed by atoms with E-state index >= 15 is 0 Å². The molecule has 0 aliphatic rings. The number of hydrogen-bond acceptors (Lipinski definition) is 8. The molecule has 2 heterocycles. The van der Waals surface area contributed by atoms with Crippen LogP contribution in [0, 0.1) is 0 Å². The first-order valence-corrected chi connectivity index (χ1v) is 3.99. The molecular formula is C6H8N8O. The Morgan fingerprint density at radius 2 is 2.20 bits per heavy atom. The van der Waals surface area contributed by atoms with E-state index in [1.54, 1.807) is 0 Å². The maximum absolute atomic E-state index is 5.60. The van der Waals surface area contributed by atoms with Gasteiger partial charge in [0.2, 0.25) is 0 Å². The van der Waals surface area contributed by atoms with Gasteiger partial charge in [0.25, 0.3) is 0 Å². The lowest BCUT2D eigenvalue weighted by Crippen LogP contribution is -2.35. The Hall–Kier alpha value is -2.29. The molecule has 0 saturated heterocycles. The highest BCUT2D eigenvalue weighted by Crippen LogP contribution is 2.02. The lowest BCUT2D eigenvalue weighted by molar-refractivity contribution is 0.287. The highest BCUT2D eigenvalue weighted by atomic mass is 16.5. The van der Waals surface area contributed by atoms with E-state index in [4.69, 9.17) is 10.6 Å². The second-order valence-corrected chi connectivity index (χ2v) is 2.49. The Balaban J connectivity index is 1.89. The van der Waals surface area contributed by atoms with Gasteiger partial charge >= 0.3 is 6.01 Å². The molecule has 0 spiro atoms. The third-order valence-corrected chi connectivity index (χ3v) is 1.50. The molecule has 9 heteroatoms. The molecule has 0 radical (unpaired) electrons. The first-order valence-electron chi connectivity index (χ1n) is 3.99. The van der Waals surface area contributed by atoms with Crippen LogP contribution < -0.4 is 15.6 Å². The van der Waals surface area contributed by atoms with Crippen molar-refractivity contribution in [3.63, 3.8) is 0 Å². The lowest BCUT2D eigenvalue weighted by Gasteiger charge is -2.13. The fraction of sp³-hybridized carbons (Fsp3) is 0.167. The first-order chi connectivity index (χ1) is 7.36. The Morgan fingerprint density at radius 1 is 1.40 bits per heavy atom.